The number of hydrogen-bond donors (Lipinski definition) is 3. The first-order chi connectivity index (χ1) is 11.7. The third-order valence-electron chi connectivity index (χ3n) is 4.16. The molecule has 0 fully saturated rings. The summed E-state index contributed by atoms with van der Waals surface area (Å²) in [5, 5.41) is 19.6. The summed E-state index contributed by atoms with van der Waals surface area (Å²) in [6.45, 7) is 0. The first-order valence-electron chi connectivity index (χ1n) is 7.46. The topological polar surface area (TPSA) is 100 Å². The van der Waals surface area contributed by atoms with Gasteiger partial charge in [-0.3, -0.25) is 9.89 Å². The number of hydrogen-bond acceptors (Lipinski definition) is 5. The fourth-order valence-corrected chi connectivity index (χ4v) is 3.12. The maximum Gasteiger partial charge on any atom is 0.226 e. The molecule has 3 heterocycles. The molecule has 0 saturated heterocycles. The van der Waals surface area contributed by atoms with E-state index in [9.17, 15) is 9.90 Å². The number of methoxy groups -OCH3 is 1. The predicted octanol–water partition coefficient (Wildman–Crippen LogP) is 2.86. The smallest absolute Gasteiger partial charge is 0.226 e. The van der Waals surface area contributed by atoms with Crippen LogP contribution < -0.4 is 10.1 Å². The summed E-state index contributed by atoms with van der Waals surface area (Å²) in [5.41, 5.74) is 2.37. The third kappa shape index (κ3) is 2.21. The number of H-pyrrole nitrogens is 1. The van der Waals surface area contributed by atoms with E-state index in [1.165, 1.54) is 13.2 Å². The second kappa shape index (κ2) is 5.45. The molecule has 7 heteroatoms. The van der Waals surface area contributed by atoms with Crippen molar-refractivity contribution in [1.82, 2.24) is 10.2 Å². The van der Waals surface area contributed by atoms with Crippen LogP contribution in [0, 0.1) is 0 Å². The molecule has 1 aliphatic rings. The molecule has 24 heavy (non-hydrogen) atoms. The summed E-state index contributed by atoms with van der Waals surface area (Å²) in [5.74, 6) is 1.37. The Morgan fingerprint density at radius 1 is 1.38 bits per heavy atom. The number of aromatic nitrogens is 2. The van der Waals surface area contributed by atoms with Crippen LogP contribution in [0.25, 0.3) is 11.5 Å². The van der Waals surface area contributed by atoms with Gasteiger partial charge in [-0.1, -0.05) is 6.07 Å². The zero-order valence-electron chi connectivity index (χ0n) is 12.9. The number of carbonyl (C=O) groups is 1. The fraction of sp³-hybridized carbons (Fsp3) is 0.176. The highest BCUT2D eigenvalue weighted by atomic mass is 16.5. The number of fused-ring (bicyclic) bond motifs is 1. The van der Waals surface area contributed by atoms with Gasteiger partial charge in [-0.2, -0.15) is 5.10 Å². The second-order valence-corrected chi connectivity index (χ2v) is 5.57. The molecule has 1 atom stereocenters. The number of furan rings is 1. The Balaban J connectivity index is 1.90. The van der Waals surface area contributed by atoms with Crippen LogP contribution >= 0.6 is 0 Å². The molecule has 1 aromatic carbocycles. The monoisotopic (exact) mass is 325 g/mol. The molecule has 1 amide bonds. The van der Waals surface area contributed by atoms with Crippen LogP contribution in [0.3, 0.4) is 0 Å². The lowest BCUT2D eigenvalue weighted by Gasteiger charge is -2.24. The van der Waals surface area contributed by atoms with E-state index in [0.29, 0.717) is 17.3 Å². The number of aromatic amines is 1. The van der Waals surface area contributed by atoms with Crippen LogP contribution in [0.2, 0.25) is 0 Å². The quantitative estimate of drug-likeness (QED) is 0.687. The van der Waals surface area contributed by atoms with Gasteiger partial charge in [-0.15, -0.1) is 0 Å². The van der Waals surface area contributed by atoms with E-state index in [4.69, 9.17) is 9.15 Å². The SMILES string of the molecule is COc1cc(O)ccc1C1CC(=O)Nc2n[nH]c(-c3ccco3)c21. The van der Waals surface area contributed by atoms with Gasteiger partial charge in [0.25, 0.3) is 0 Å². The van der Waals surface area contributed by atoms with Gasteiger partial charge < -0.3 is 19.6 Å². The van der Waals surface area contributed by atoms with E-state index in [1.54, 1.807) is 24.5 Å². The number of carbonyl (C=O) groups excluding carboxylic acids is 1. The van der Waals surface area contributed by atoms with E-state index in [1.807, 2.05) is 6.07 Å². The molecular weight excluding hydrogens is 310 g/mol. The molecule has 1 unspecified atom stereocenters. The van der Waals surface area contributed by atoms with E-state index in [0.717, 1.165) is 16.8 Å². The molecule has 3 N–H and O–H groups in total. The number of amides is 1. The largest absolute Gasteiger partial charge is 0.508 e. The Hall–Kier alpha value is -3.22. The number of ether oxygens (including phenoxy) is 1. The summed E-state index contributed by atoms with van der Waals surface area (Å²) in [4.78, 5) is 12.1. The maximum absolute atomic E-state index is 12.1. The first-order valence-corrected chi connectivity index (χ1v) is 7.46. The van der Waals surface area contributed by atoms with Crippen molar-refractivity contribution in [3.63, 3.8) is 0 Å². The van der Waals surface area contributed by atoms with Crippen LogP contribution in [0.15, 0.2) is 41.0 Å². The normalized spacial score (nSPS) is 16.5. The number of rotatable bonds is 3. The van der Waals surface area contributed by atoms with Crippen molar-refractivity contribution >= 4 is 11.7 Å². The van der Waals surface area contributed by atoms with Crippen molar-refractivity contribution in [3.8, 4) is 23.0 Å². The molecule has 0 radical (unpaired) electrons. The van der Waals surface area contributed by atoms with Crippen molar-refractivity contribution in [1.29, 1.82) is 0 Å². The average Bonchev–Trinajstić information content (AvgIpc) is 3.22. The summed E-state index contributed by atoms with van der Waals surface area (Å²) in [6, 6.07) is 8.50. The lowest BCUT2D eigenvalue weighted by Crippen LogP contribution is -2.23. The van der Waals surface area contributed by atoms with Crippen LogP contribution in [-0.2, 0) is 4.79 Å². The predicted molar refractivity (Wildman–Crippen MR) is 86.0 cm³/mol. The Morgan fingerprint density at radius 2 is 2.25 bits per heavy atom. The Morgan fingerprint density at radius 3 is 3.00 bits per heavy atom. The molecule has 7 nitrogen and oxygen atoms in total. The van der Waals surface area contributed by atoms with E-state index in [2.05, 4.69) is 15.5 Å². The Kier molecular flexibility index (Phi) is 3.26. The van der Waals surface area contributed by atoms with Crippen molar-refractivity contribution < 1.29 is 19.1 Å². The molecule has 0 spiro atoms. The number of nitrogens with one attached hydrogen (secondary N) is 2. The summed E-state index contributed by atoms with van der Waals surface area (Å²) >= 11 is 0. The van der Waals surface area contributed by atoms with Crippen LogP contribution in [0.5, 0.6) is 11.5 Å². The van der Waals surface area contributed by atoms with Gasteiger partial charge in [0.15, 0.2) is 11.6 Å². The van der Waals surface area contributed by atoms with Gasteiger partial charge in [0.1, 0.15) is 17.2 Å². The summed E-state index contributed by atoms with van der Waals surface area (Å²) in [6.07, 6.45) is 1.83. The maximum atomic E-state index is 12.1. The number of anilines is 1. The van der Waals surface area contributed by atoms with Crippen molar-refractivity contribution in [2.45, 2.75) is 12.3 Å². The molecule has 1 aliphatic heterocycles. The number of phenols is 1. The first kappa shape index (κ1) is 14.4. The lowest BCUT2D eigenvalue weighted by molar-refractivity contribution is -0.116. The highest BCUT2D eigenvalue weighted by Crippen LogP contribution is 2.44. The lowest BCUT2D eigenvalue weighted by atomic mass is 9.84. The van der Waals surface area contributed by atoms with Crippen molar-refractivity contribution in [2.75, 3.05) is 12.4 Å². The summed E-state index contributed by atoms with van der Waals surface area (Å²) < 4.78 is 10.9. The molecule has 0 aliphatic carbocycles. The standard InChI is InChI=1S/C17H15N3O4/c1-23-13-7-9(21)4-5-10(13)11-8-14(22)18-17-15(11)16(19-20-17)12-3-2-6-24-12/h2-7,11,21H,8H2,1H3,(H2,18,19,20,22). The van der Waals surface area contributed by atoms with Crippen LogP contribution in [0.1, 0.15) is 23.5 Å². The number of aromatic hydroxyl groups is 1. The van der Waals surface area contributed by atoms with Crippen molar-refractivity contribution in [3.05, 3.63) is 47.7 Å². The highest BCUT2D eigenvalue weighted by molar-refractivity contribution is 5.96. The van der Waals surface area contributed by atoms with Gasteiger partial charge in [-0.25, -0.2) is 0 Å². The van der Waals surface area contributed by atoms with E-state index in [-0.39, 0.29) is 24.0 Å². The average molecular weight is 325 g/mol. The van der Waals surface area contributed by atoms with Crippen LogP contribution in [-0.4, -0.2) is 28.3 Å². The van der Waals surface area contributed by atoms with Gasteiger partial charge in [-0.05, 0) is 18.2 Å². The highest BCUT2D eigenvalue weighted by Gasteiger charge is 2.34. The molecule has 2 aromatic heterocycles. The third-order valence-corrected chi connectivity index (χ3v) is 4.16. The summed E-state index contributed by atoms with van der Waals surface area (Å²) in [7, 11) is 1.53. The minimum Gasteiger partial charge on any atom is -0.508 e. The van der Waals surface area contributed by atoms with E-state index < -0.39 is 0 Å². The Bertz CT molecular complexity index is 899. The number of benzene rings is 1. The number of nitrogens with zero attached hydrogens (tertiary/aromatic N) is 1. The fourth-order valence-electron chi connectivity index (χ4n) is 3.12. The molecule has 4 rings (SSSR count). The van der Waals surface area contributed by atoms with Gasteiger partial charge in [0, 0.05) is 29.5 Å². The number of phenolic OH excluding ortho intramolecular Hbond substituents is 1. The second-order valence-electron chi connectivity index (χ2n) is 5.57. The minimum absolute atomic E-state index is 0.106. The molecule has 0 saturated carbocycles. The van der Waals surface area contributed by atoms with Gasteiger partial charge in [0.05, 0.1) is 13.4 Å². The minimum atomic E-state index is -0.261. The van der Waals surface area contributed by atoms with Gasteiger partial charge in [0.2, 0.25) is 5.91 Å². The van der Waals surface area contributed by atoms with Crippen LogP contribution in [0.4, 0.5) is 5.82 Å². The molecule has 0 bridgehead atoms. The van der Waals surface area contributed by atoms with Crippen molar-refractivity contribution in [2.24, 2.45) is 0 Å². The zero-order valence-corrected chi connectivity index (χ0v) is 12.9. The molecular formula is C17H15N3O4. The van der Waals surface area contributed by atoms with Gasteiger partial charge >= 0.3 is 0 Å². The molecule has 122 valence electrons. The van der Waals surface area contributed by atoms with E-state index >= 15 is 0 Å². The Labute approximate surface area is 137 Å². The molecule has 3 aromatic rings. The zero-order chi connectivity index (χ0) is 16.7.